The third kappa shape index (κ3) is 5.55. The molecule has 144 valence electrons. The van der Waals surface area contributed by atoms with Crippen LogP contribution in [0.1, 0.15) is 27.7 Å². The lowest BCUT2D eigenvalue weighted by molar-refractivity contribution is -0.124. The Bertz CT molecular complexity index is 638. The summed E-state index contributed by atoms with van der Waals surface area (Å²) in [5.74, 6) is 0.832. The Labute approximate surface area is 154 Å². The van der Waals surface area contributed by atoms with Crippen LogP contribution < -0.4 is 20.3 Å². The number of hydrogen-bond acceptors (Lipinski definition) is 7. The van der Waals surface area contributed by atoms with Gasteiger partial charge in [0, 0.05) is 44.0 Å². The van der Waals surface area contributed by atoms with Crippen LogP contribution in [0.2, 0.25) is 0 Å². The van der Waals surface area contributed by atoms with Crippen molar-refractivity contribution in [2.75, 3.05) is 38.2 Å². The molecule has 0 unspecified atom stereocenters. The normalized spacial score (nSPS) is 16.7. The number of rotatable bonds is 4. The predicted octanol–water partition coefficient (Wildman–Crippen LogP) is 0.620. The van der Waals surface area contributed by atoms with E-state index in [-0.39, 0.29) is 5.91 Å². The standard InChI is InChI=1S/C17H28N6O3/c1-12(14(24)20-16(25)21-17(2,3)4)22-8-10-23(11-9-22)15-18-7-6-13(19-15)26-5/h6-7,12H,8-11H2,1-5H3,(H2,20,21,24,25)/t12-/m1/s1. The smallest absolute Gasteiger partial charge is 0.321 e. The Balaban J connectivity index is 1.86. The summed E-state index contributed by atoms with van der Waals surface area (Å²) < 4.78 is 5.13. The Morgan fingerprint density at radius 1 is 1.23 bits per heavy atom. The molecule has 1 aliphatic rings. The molecule has 1 fully saturated rings. The molecule has 3 amide bonds. The summed E-state index contributed by atoms with van der Waals surface area (Å²) in [6.07, 6.45) is 1.66. The number of anilines is 1. The van der Waals surface area contributed by atoms with Gasteiger partial charge >= 0.3 is 6.03 Å². The van der Waals surface area contributed by atoms with Crippen molar-refractivity contribution in [3.05, 3.63) is 12.3 Å². The van der Waals surface area contributed by atoms with Crippen LogP contribution in [0.5, 0.6) is 5.88 Å². The topological polar surface area (TPSA) is 99.7 Å². The number of methoxy groups -OCH3 is 1. The van der Waals surface area contributed by atoms with Crippen molar-refractivity contribution in [1.82, 2.24) is 25.5 Å². The first-order valence-electron chi connectivity index (χ1n) is 8.68. The number of nitrogens with zero attached hydrogens (tertiary/aromatic N) is 4. The van der Waals surface area contributed by atoms with Crippen LogP contribution in [0.15, 0.2) is 12.3 Å². The van der Waals surface area contributed by atoms with Crippen LogP contribution in [-0.2, 0) is 4.79 Å². The average Bonchev–Trinajstić information content (AvgIpc) is 2.59. The fraction of sp³-hybridized carbons (Fsp3) is 0.647. The summed E-state index contributed by atoms with van der Waals surface area (Å²) in [5.41, 5.74) is -0.393. The summed E-state index contributed by atoms with van der Waals surface area (Å²) in [6, 6.07) is 0.835. The molecular weight excluding hydrogens is 336 g/mol. The summed E-state index contributed by atoms with van der Waals surface area (Å²) >= 11 is 0. The first-order chi connectivity index (χ1) is 12.2. The van der Waals surface area contributed by atoms with Gasteiger partial charge in [-0.05, 0) is 27.7 Å². The molecule has 2 N–H and O–H groups in total. The molecule has 0 saturated carbocycles. The van der Waals surface area contributed by atoms with E-state index in [0.717, 1.165) is 0 Å². The molecule has 1 saturated heterocycles. The molecule has 0 bridgehead atoms. The van der Waals surface area contributed by atoms with Gasteiger partial charge in [-0.2, -0.15) is 4.98 Å². The lowest BCUT2D eigenvalue weighted by Gasteiger charge is -2.37. The number of ether oxygens (including phenoxy) is 1. The second-order valence-corrected chi connectivity index (χ2v) is 7.29. The maximum absolute atomic E-state index is 12.3. The number of imide groups is 1. The number of carbonyl (C=O) groups excluding carboxylic acids is 2. The summed E-state index contributed by atoms with van der Waals surface area (Å²) in [5, 5.41) is 5.13. The van der Waals surface area contributed by atoms with Crippen molar-refractivity contribution >= 4 is 17.9 Å². The van der Waals surface area contributed by atoms with Crippen LogP contribution >= 0.6 is 0 Å². The highest BCUT2D eigenvalue weighted by Gasteiger charge is 2.28. The fourth-order valence-corrected chi connectivity index (χ4v) is 2.66. The highest BCUT2D eigenvalue weighted by Crippen LogP contribution is 2.15. The SMILES string of the molecule is COc1ccnc(N2CCN([C@H](C)C(=O)NC(=O)NC(C)(C)C)CC2)n1. The molecule has 0 spiro atoms. The molecule has 1 aromatic heterocycles. The van der Waals surface area contributed by atoms with E-state index in [4.69, 9.17) is 4.74 Å². The largest absolute Gasteiger partial charge is 0.481 e. The van der Waals surface area contributed by atoms with Gasteiger partial charge in [0.1, 0.15) is 0 Å². The highest BCUT2D eigenvalue weighted by atomic mass is 16.5. The molecule has 0 aliphatic carbocycles. The van der Waals surface area contributed by atoms with Gasteiger partial charge in [0.25, 0.3) is 0 Å². The van der Waals surface area contributed by atoms with Crippen molar-refractivity contribution in [2.45, 2.75) is 39.3 Å². The number of urea groups is 1. The second kappa shape index (κ2) is 8.31. The quantitative estimate of drug-likeness (QED) is 0.808. The number of aromatic nitrogens is 2. The minimum absolute atomic E-state index is 0.308. The molecular formula is C17H28N6O3. The Hall–Kier alpha value is -2.42. The fourth-order valence-electron chi connectivity index (χ4n) is 2.66. The lowest BCUT2D eigenvalue weighted by atomic mass is 10.1. The van der Waals surface area contributed by atoms with E-state index in [1.54, 1.807) is 26.3 Å². The first-order valence-corrected chi connectivity index (χ1v) is 8.68. The minimum Gasteiger partial charge on any atom is -0.481 e. The van der Waals surface area contributed by atoms with Gasteiger partial charge in [0.2, 0.25) is 17.7 Å². The molecule has 1 aliphatic heterocycles. The molecule has 2 heterocycles. The molecule has 2 rings (SSSR count). The molecule has 9 nitrogen and oxygen atoms in total. The van der Waals surface area contributed by atoms with E-state index in [2.05, 4.69) is 25.5 Å². The van der Waals surface area contributed by atoms with Crippen molar-refractivity contribution in [3.63, 3.8) is 0 Å². The van der Waals surface area contributed by atoms with E-state index >= 15 is 0 Å². The number of piperazine rings is 1. The summed E-state index contributed by atoms with van der Waals surface area (Å²) in [7, 11) is 1.57. The number of amides is 3. The Morgan fingerprint density at radius 3 is 2.46 bits per heavy atom. The van der Waals surface area contributed by atoms with Crippen LogP contribution in [-0.4, -0.2) is 71.7 Å². The monoisotopic (exact) mass is 364 g/mol. The number of hydrogen-bond donors (Lipinski definition) is 2. The third-order valence-electron chi connectivity index (χ3n) is 4.08. The predicted molar refractivity (Wildman–Crippen MR) is 98.3 cm³/mol. The Morgan fingerprint density at radius 2 is 1.88 bits per heavy atom. The van der Waals surface area contributed by atoms with Crippen LogP contribution in [0, 0.1) is 0 Å². The highest BCUT2D eigenvalue weighted by molar-refractivity contribution is 5.97. The zero-order valence-electron chi connectivity index (χ0n) is 16.1. The molecule has 0 radical (unpaired) electrons. The molecule has 9 heteroatoms. The van der Waals surface area contributed by atoms with E-state index in [1.807, 2.05) is 25.7 Å². The van der Waals surface area contributed by atoms with Gasteiger partial charge in [-0.15, -0.1) is 0 Å². The zero-order valence-corrected chi connectivity index (χ0v) is 16.1. The summed E-state index contributed by atoms with van der Waals surface area (Å²) in [4.78, 5) is 36.9. The van der Waals surface area contributed by atoms with Crippen molar-refractivity contribution in [1.29, 1.82) is 0 Å². The van der Waals surface area contributed by atoms with Crippen LogP contribution in [0.3, 0.4) is 0 Å². The number of nitrogens with one attached hydrogen (secondary N) is 2. The van der Waals surface area contributed by atoms with Gasteiger partial charge in [-0.1, -0.05) is 0 Å². The maximum atomic E-state index is 12.3. The van der Waals surface area contributed by atoms with Crippen molar-refractivity contribution in [2.24, 2.45) is 0 Å². The third-order valence-corrected chi connectivity index (χ3v) is 4.08. The zero-order chi connectivity index (χ0) is 19.3. The van der Waals surface area contributed by atoms with E-state index in [9.17, 15) is 9.59 Å². The van der Waals surface area contributed by atoms with Crippen LogP contribution in [0.4, 0.5) is 10.7 Å². The maximum Gasteiger partial charge on any atom is 0.321 e. The Kier molecular flexibility index (Phi) is 6.36. The van der Waals surface area contributed by atoms with Crippen LogP contribution in [0.25, 0.3) is 0 Å². The van der Waals surface area contributed by atoms with Gasteiger partial charge in [-0.3, -0.25) is 15.0 Å². The molecule has 1 atom stereocenters. The van der Waals surface area contributed by atoms with Gasteiger partial charge < -0.3 is 15.0 Å². The molecule has 26 heavy (non-hydrogen) atoms. The van der Waals surface area contributed by atoms with Crippen molar-refractivity contribution in [3.8, 4) is 5.88 Å². The second-order valence-electron chi connectivity index (χ2n) is 7.29. The molecule has 0 aromatic carbocycles. The van der Waals surface area contributed by atoms with E-state index in [0.29, 0.717) is 38.0 Å². The number of carbonyl (C=O) groups is 2. The van der Waals surface area contributed by atoms with E-state index < -0.39 is 17.6 Å². The van der Waals surface area contributed by atoms with Gasteiger partial charge in [0.05, 0.1) is 13.2 Å². The van der Waals surface area contributed by atoms with Gasteiger partial charge in [0.15, 0.2) is 0 Å². The lowest BCUT2D eigenvalue weighted by Crippen LogP contribution is -2.57. The van der Waals surface area contributed by atoms with E-state index in [1.165, 1.54) is 0 Å². The first kappa shape index (κ1) is 19.9. The molecule has 1 aromatic rings. The summed E-state index contributed by atoms with van der Waals surface area (Å²) in [6.45, 7) is 10.1. The van der Waals surface area contributed by atoms with Gasteiger partial charge in [-0.25, -0.2) is 9.78 Å². The van der Waals surface area contributed by atoms with Crippen molar-refractivity contribution < 1.29 is 14.3 Å². The minimum atomic E-state index is -0.474. The average molecular weight is 364 g/mol.